The maximum atomic E-state index is 11.8. The highest BCUT2D eigenvalue weighted by atomic mass is 28.4. The molecule has 2 atom stereocenters. The maximum Gasteiger partial charge on any atom is 0.333 e. The highest BCUT2D eigenvalue weighted by molar-refractivity contribution is 6.74. The van der Waals surface area contributed by atoms with Crippen LogP contribution in [-0.4, -0.2) is 27.0 Å². The molecule has 0 saturated heterocycles. The minimum atomic E-state index is -1.85. The van der Waals surface area contributed by atoms with Crippen molar-refractivity contribution in [1.82, 2.24) is 0 Å². The van der Waals surface area contributed by atoms with Crippen LogP contribution in [0.2, 0.25) is 18.1 Å². The van der Waals surface area contributed by atoms with Crippen LogP contribution in [-0.2, 0) is 14.0 Å². The van der Waals surface area contributed by atoms with E-state index >= 15 is 0 Å². The van der Waals surface area contributed by atoms with E-state index < -0.39 is 8.32 Å². The van der Waals surface area contributed by atoms with E-state index in [2.05, 4.69) is 47.4 Å². The first-order chi connectivity index (χ1) is 9.96. The van der Waals surface area contributed by atoms with E-state index in [-0.39, 0.29) is 23.0 Å². The summed E-state index contributed by atoms with van der Waals surface area (Å²) in [5.74, 6) is -0.115. The number of rotatable bonds is 8. The van der Waals surface area contributed by atoms with Gasteiger partial charge in [0.05, 0.1) is 12.7 Å². The van der Waals surface area contributed by atoms with Gasteiger partial charge >= 0.3 is 5.97 Å². The Bertz CT molecular complexity index is 405. The van der Waals surface area contributed by atoms with Crippen molar-refractivity contribution in [3.63, 3.8) is 0 Å². The van der Waals surface area contributed by atoms with Crippen molar-refractivity contribution in [3.8, 4) is 0 Å². The second kappa shape index (κ2) is 8.68. The van der Waals surface area contributed by atoms with Gasteiger partial charge in [0.2, 0.25) is 0 Å². The quantitative estimate of drug-likeness (QED) is 0.269. The average molecular weight is 327 g/mol. The molecule has 0 spiro atoms. The fourth-order valence-electron chi connectivity index (χ4n) is 1.90. The molecule has 0 bridgehead atoms. The van der Waals surface area contributed by atoms with Crippen LogP contribution in [0, 0.1) is 5.92 Å². The Labute approximate surface area is 137 Å². The molecule has 0 aliphatic carbocycles. The molecule has 128 valence electrons. The molecular weight excluding hydrogens is 292 g/mol. The maximum absolute atomic E-state index is 11.8. The summed E-state index contributed by atoms with van der Waals surface area (Å²) in [5, 5.41) is 0.159. The number of hydrogen-bond donors (Lipinski definition) is 0. The van der Waals surface area contributed by atoms with Gasteiger partial charge in [0.15, 0.2) is 8.32 Å². The monoisotopic (exact) mass is 326 g/mol. The third-order valence-corrected chi connectivity index (χ3v) is 8.85. The fraction of sp³-hybridized carbons (Fsp3) is 0.722. The predicted octanol–water partition coefficient (Wildman–Crippen LogP) is 5.10. The van der Waals surface area contributed by atoms with E-state index in [1.807, 2.05) is 19.1 Å². The van der Waals surface area contributed by atoms with Crippen LogP contribution < -0.4 is 0 Å². The molecule has 0 amide bonds. The van der Waals surface area contributed by atoms with Gasteiger partial charge in [-0.2, -0.15) is 0 Å². The fourth-order valence-corrected chi connectivity index (χ4v) is 3.33. The van der Waals surface area contributed by atoms with Gasteiger partial charge in [-0.15, -0.1) is 6.58 Å². The number of hydrogen-bond acceptors (Lipinski definition) is 3. The Hall–Kier alpha value is -0.873. The molecule has 0 radical (unpaired) electrons. The van der Waals surface area contributed by atoms with Crippen molar-refractivity contribution >= 4 is 14.3 Å². The van der Waals surface area contributed by atoms with Crippen molar-refractivity contribution in [2.24, 2.45) is 5.92 Å². The van der Waals surface area contributed by atoms with Crippen molar-refractivity contribution in [2.45, 2.75) is 72.2 Å². The standard InChI is InChI=1S/C18H34O3Si/c1-10-12-16(21-22(8,9)18(5,6)7)14(3)13-15(4)17(19)20-11-2/h10,13-14,16H,1,11-12H2,2-9H3/b15-13-/t14-,16-/m1/s1. The minimum absolute atomic E-state index is 0.0442. The molecule has 0 unspecified atom stereocenters. The van der Waals surface area contributed by atoms with Crippen LogP contribution in [0.3, 0.4) is 0 Å². The molecule has 0 aliphatic rings. The van der Waals surface area contributed by atoms with E-state index in [1.54, 1.807) is 6.92 Å². The smallest absolute Gasteiger partial charge is 0.333 e. The second-order valence-electron chi connectivity index (χ2n) is 7.37. The Balaban J connectivity index is 5.14. The molecule has 0 saturated carbocycles. The predicted molar refractivity (Wildman–Crippen MR) is 96.4 cm³/mol. The number of ether oxygens (including phenoxy) is 1. The summed E-state index contributed by atoms with van der Waals surface area (Å²) in [4.78, 5) is 11.8. The zero-order valence-corrected chi connectivity index (χ0v) is 16.7. The summed E-state index contributed by atoms with van der Waals surface area (Å²) in [6, 6.07) is 0. The molecule has 4 heteroatoms. The van der Waals surface area contributed by atoms with Crippen LogP contribution in [0.15, 0.2) is 24.3 Å². The topological polar surface area (TPSA) is 35.5 Å². The summed E-state index contributed by atoms with van der Waals surface area (Å²) >= 11 is 0. The van der Waals surface area contributed by atoms with Crippen molar-refractivity contribution in [3.05, 3.63) is 24.3 Å². The van der Waals surface area contributed by atoms with E-state index in [4.69, 9.17) is 9.16 Å². The molecule has 0 rings (SSSR count). The molecular formula is C18H34O3Si. The van der Waals surface area contributed by atoms with Gasteiger partial charge in [-0.1, -0.05) is 39.8 Å². The van der Waals surface area contributed by atoms with E-state index in [1.165, 1.54) is 0 Å². The first kappa shape index (κ1) is 21.1. The zero-order valence-electron chi connectivity index (χ0n) is 15.7. The van der Waals surface area contributed by atoms with Crippen molar-refractivity contribution < 1.29 is 14.0 Å². The van der Waals surface area contributed by atoms with Gasteiger partial charge in [-0.25, -0.2) is 4.79 Å². The highest BCUT2D eigenvalue weighted by Crippen LogP contribution is 2.38. The van der Waals surface area contributed by atoms with Crippen LogP contribution in [0.5, 0.6) is 0 Å². The lowest BCUT2D eigenvalue weighted by Gasteiger charge is -2.40. The Morgan fingerprint density at radius 3 is 2.27 bits per heavy atom. The SMILES string of the molecule is C=CC[C@@H](O[Si](C)(C)C(C)(C)C)[C@H](C)/C=C(/C)C(=O)OCC. The molecule has 22 heavy (non-hydrogen) atoms. The van der Waals surface area contributed by atoms with Crippen molar-refractivity contribution in [1.29, 1.82) is 0 Å². The third kappa shape index (κ3) is 6.49. The molecule has 0 aliphatic heterocycles. The van der Waals surface area contributed by atoms with Gasteiger partial charge in [0.25, 0.3) is 0 Å². The normalized spacial score (nSPS) is 16.1. The van der Waals surface area contributed by atoms with E-state index in [9.17, 15) is 4.79 Å². The summed E-state index contributed by atoms with van der Waals surface area (Å²) in [5.41, 5.74) is 0.641. The number of carbonyl (C=O) groups excluding carboxylic acids is 1. The lowest BCUT2D eigenvalue weighted by atomic mass is 9.99. The molecule has 0 aromatic rings. The number of esters is 1. The van der Waals surface area contributed by atoms with Gasteiger partial charge < -0.3 is 9.16 Å². The first-order valence-corrected chi connectivity index (χ1v) is 11.0. The van der Waals surface area contributed by atoms with Gasteiger partial charge in [0, 0.05) is 11.5 Å². The summed E-state index contributed by atoms with van der Waals surface area (Å²) in [6.07, 6.45) is 4.67. The van der Waals surface area contributed by atoms with E-state index in [0.717, 1.165) is 6.42 Å². The molecule has 3 nitrogen and oxygen atoms in total. The van der Waals surface area contributed by atoms with Crippen LogP contribution >= 0.6 is 0 Å². The summed E-state index contributed by atoms with van der Waals surface area (Å²) in [6.45, 7) is 21.1. The first-order valence-electron chi connectivity index (χ1n) is 8.10. The Morgan fingerprint density at radius 1 is 1.32 bits per heavy atom. The highest BCUT2D eigenvalue weighted by Gasteiger charge is 2.39. The summed E-state index contributed by atoms with van der Waals surface area (Å²) < 4.78 is 11.6. The van der Waals surface area contributed by atoms with E-state index in [0.29, 0.717) is 12.2 Å². The van der Waals surface area contributed by atoms with Crippen molar-refractivity contribution in [2.75, 3.05) is 6.61 Å². The average Bonchev–Trinajstić information content (AvgIpc) is 2.36. The third-order valence-electron chi connectivity index (χ3n) is 4.35. The molecule has 0 aromatic carbocycles. The van der Waals surface area contributed by atoms with Gasteiger partial charge in [-0.3, -0.25) is 0 Å². The number of carbonyl (C=O) groups is 1. The molecule has 0 N–H and O–H groups in total. The zero-order chi connectivity index (χ0) is 17.6. The Kier molecular flexibility index (Phi) is 8.33. The largest absolute Gasteiger partial charge is 0.463 e. The lowest BCUT2D eigenvalue weighted by Crippen LogP contribution is -2.45. The van der Waals surface area contributed by atoms with Crippen LogP contribution in [0.1, 0.15) is 48.0 Å². The van der Waals surface area contributed by atoms with Gasteiger partial charge in [-0.05, 0) is 38.4 Å². The lowest BCUT2D eigenvalue weighted by molar-refractivity contribution is -0.138. The van der Waals surface area contributed by atoms with Crippen LogP contribution in [0.4, 0.5) is 0 Å². The minimum Gasteiger partial charge on any atom is -0.463 e. The molecule has 0 aromatic heterocycles. The molecule has 0 heterocycles. The Morgan fingerprint density at radius 2 is 1.86 bits per heavy atom. The second-order valence-corrected chi connectivity index (χ2v) is 12.1. The van der Waals surface area contributed by atoms with Crippen LogP contribution in [0.25, 0.3) is 0 Å². The molecule has 0 fully saturated rings. The summed E-state index contributed by atoms with van der Waals surface area (Å²) in [7, 11) is -1.85. The van der Waals surface area contributed by atoms with Gasteiger partial charge in [0.1, 0.15) is 0 Å².